The van der Waals surface area contributed by atoms with Gasteiger partial charge < -0.3 is 14.4 Å². The minimum absolute atomic E-state index is 0.378. The molecule has 0 spiro atoms. The third-order valence-corrected chi connectivity index (χ3v) is 3.14. The summed E-state index contributed by atoms with van der Waals surface area (Å²) in [5, 5.41) is 3.01. The van der Waals surface area contributed by atoms with E-state index in [1.165, 1.54) is 0 Å². The molecule has 6 nitrogen and oxygen atoms in total. The molecule has 1 aromatic carbocycles. The Morgan fingerprint density at radius 1 is 1.14 bits per heavy atom. The van der Waals surface area contributed by atoms with Crippen molar-refractivity contribution in [2.24, 2.45) is 0 Å². The summed E-state index contributed by atoms with van der Waals surface area (Å²) in [6, 6.07) is 3.19. The Hall–Kier alpha value is -1.95. The maximum Gasteiger partial charge on any atom is 0.432 e. The van der Waals surface area contributed by atoms with Crippen molar-refractivity contribution < 1.29 is 49.6 Å². The lowest BCUT2D eigenvalue weighted by atomic mass is 10.2. The Kier molecular flexibility index (Phi) is 4.67. The summed E-state index contributed by atoms with van der Waals surface area (Å²) >= 11 is 0. The number of phenols is 1. The fourth-order valence-corrected chi connectivity index (χ4v) is 1.67. The topological polar surface area (TPSA) is 104 Å². The number of esters is 1. The molecule has 0 amide bonds. The molecule has 124 valence electrons. The lowest BCUT2D eigenvalue weighted by Crippen LogP contribution is -2.52. The van der Waals surface area contributed by atoms with Gasteiger partial charge >= 0.3 is 17.4 Å². The molecule has 0 radical (unpaired) electrons. The van der Waals surface area contributed by atoms with Crippen LogP contribution in [0.25, 0.3) is 0 Å². The van der Waals surface area contributed by atoms with E-state index in [0.717, 1.165) is 24.3 Å². The predicted octanol–water partition coefficient (Wildman–Crippen LogP) is 1.62. The Bertz CT molecular complexity index is 651. The van der Waals surface area contributed by atoms with Crippen molar-refractivity contribution in [3.05, 3.63) is 29.8 Å². The molecule has 22 heavy (non-hydrogen) atoms. The van der Waals surface area contributed by atoms with Gasteiger partial charge in [0.1, 0.15) is 5.75 Å². The van der Waals surface area contributed by atoms with E-state index < -0.39 is 39.2 Å². The lowest BCUT2D eigenvalue weighted by molar-refractivity contribution is -0.248. The van der Waals surface area contributed by atoms with Crippen molar-refractivity contribution >= 4 is 16.1 Å². The fourth-order valence-electron chi connectivity index (χ4n) is 1.23. The van der Waals surface area contributed by atoms with Crippen LogP contribution in [0.1, 0.15) is 10.4 Å². The van der Waals surface area contributed by atoms with Crippen LogP contribution in [0.15, 0.2) is 24.3 Å². The second-order valence-electron chi connectivity index (χ2n) is 3.89. The lowest BCUT2D eigenvalue weighted by Gasteiger charge is -2.29. The number of hydrogen-bond acceptors (Lipinski definition) is 6. The first-order chi connectivity index (χ1) is 9.76. The first kappa shape index (κ1) is 18.1. The van der Waals surface area contributed by atoms with Crippen LogP contribution >= 0.6 is 0 Å². The molecule has 0 fully saturated rings. The van der Waals surface area contributed by atoms with Crippen LogP contribution < -0.4 is 0 Å². The molecule has 0 aliphatic carbocycles. The summed E-state index contributed by atoms with van der Waals surface area (Å²) < 4.78 is 97.9. The van der Waals surface area contributed by atoms with Crippen LogP contribution in [0.2, 0.25) is 0 Å². The maximum atomic E-state index is 13.1. The molecule has 0 saturated carbocycles. The summed E-state index contributed by atoms with van der Waals surface area (Å²) in [6.45, 7) is 0. The molecule has 1 atom stereocenters. The summed E-state index contributed by atoms with van der Waals surface area (Å²) in [5.74, 6) is -2.33. The third-order valence-electron chi connectivity index (χ3n) is 2.26. The monoisotopic (exact) mass is 349 g/mol. The first-order valence-electron chi connectivity index (χ1n) is 5.17. The number of phenolic OH excluding ortho intramolecular Hbond substituents is 1. The van der Waals surface area contributed by atoms with Gasteiger partial charge in [0.25, 0.3) is 6.10 Å². The normalized spacial score (nSPS) is 14.5. The first-order valence-corrected chi connectivity index (χ1v) is 6.57. The van der Waals surface area contributed by atoms with Crippen molar-refractivity contribution in [3.63, 3.8) is 0 Å². The number of hydrogen-bond donors (Lipinski definition) is 1. The molecule has 1 unspecified atom stereocenters. The van der Waals surface area contributed by atoms with Gasteiger partial charge in [-0.25, -0.2) is 13.2 Å². The van der Waals surface area contributed by atoms with Crippen LogP contribution in [0.3, 0.4) is 0 Å². The average molecular weight is 349 g/mol. The van der Waals surface area contributed by atoms with E-state index >= 15 is 0 Å². The van der Waals surface area contributed by atoms with Crippen LogP contribution in [0.4, 0.5) is 22.0 Å². The van der Waals surface area contributed by atoms with Gasteiger partial charge in [0.15, 0.2) is 10.1 Å². The molecule has 1 N–H and O–H groups in total. The number of benzene rings is 1. The molecule has 0 heterocycles. The molecule has 1 aromatic rings. The molecule has 0 aromatic heterocycles. The Morgan fingerprint density at radius 2 is 1.59 bits per heavy atom. The molecule has 0 saturated heterocycles. The molecule has 1 rings (SSSR count). The predicted molar refractivity (Wildman–Crippen MR) is 58.0 cm³/mol. The molecule has 0 bridgehead atoms. The zero-order chi connectivity index (χ0) is 17.3. The third kappa shape index (κ3) is 3.82. The van der Waals surface area contributed by atoms with E-state index in [1.54, 1.807) is 0 Å². The molecular weight excluding hydrogens is 343 g/mol. The van der Waals surface area contributed by atoms with Gasteiger partial charge in [-0.3, -0.25) is 0 Å². The smallest absolute Gasteiger partial charge is 0.432 e. The van der Waals surface area contributed by atoms with E-state index in [0.29, 0.717) is 0 Å². The van der Waals surface area contributed by atoms with Crippen molar-refractivity contribution in [2.45, 2.75) is 17.5 Å². The highest BCUT2D eigenvalue weighted by molar-refractivity contribution is 7.86. The van der Waals surface area contributed by atoms with Crippen molar-refractivity contribution in [1.29, 1.82) is 0 Å². The summed E-state index contributed by atoms with van der Waals surface area (Å²) in [4.78, 5) is 11.4. The summed E-state index contributed by atoms with van der Waals surface area (Å²) in [7, 11) is -6.74. The average Bonchev–Trinajstić information content (AvgIpc) is 2.33. The number of alkyl halides is 5. The van der Waals surface area contributed by atoms with E-state index in [4.69, 9.17) is 5.11 Å². The second kappa shape index (κ2) is 5.68. The zero-order valence-electron chi connectivity index (χ0n) is 10.2. The van der Waals surface area contributed by atoms with Gasteiger partial charge in [0.05, 0.1) is 5.56 Å². The highest BCUT2D eigenvalue weighted by Crippen LogP contribution is 2.38. The van der Waals surface area contributed by atoms with E-state index in [2.05, 4.69) is 4.74 Å². The number of carbonyl (C=O) groups is 1. The quantitative estimate of drug-likeness (QED) is 0.503. The largest absolute Gasteiger partial charge is 0.743 e. The summed E-state index contributed by atoms with van der Waals surface area (Å²) in [5.41, 5.74) is -0.675. The number of carbonyl (C=O) groups excluding carboxylic acids is 1. The Balaban J connectivity index is 3.16. The van der Waals surface area contributed by atoms with Gasteiger partial charge in [-0.15, -0.1) is 0 Å². The highest BCUT2D eigenvalue weighted by atomic mass is 32.2. The molecule has 0 aliphatic heterocycles. The van der Waals surface area contributed by atoms with Gasteiger partial charge in [-0.05, 0) is 24.3 Å². The second-order valence-corrected chi connectivity index (χ2v) is 5.34. The van der Waals surface area contributed by atoms with Crippen LogP contribution in [0, 0.1) is 0 Å². The fraction of sp³-hybridized carbons (Fsp3) is 0.300. The maximum absolute atomic E-state index is 13.1. The summed E-state index contributed by atoms with van der Waals surface area (Å²) in [6.07, 6.45) is -10.5. The molecular formula is C10H6F5O6S-. The number of ether oxygens (including phenoxy) is 1. The van der Waals surface area contributed by atoms with Gasteiger partial charge in [0.2, 0.25) is 0 Å². The van der Waals surface area contributed by atoms with Crippen molar-refractivity contribution in [1.82, 2.24) is 0 Å². The van der Waals surface area contributed by atoms with Crippen molar-refractivity contribution in [3.8, 4) is 5.75 Å². The Labute approximate surface area is 119 Å². The van der Waals surface area contributed by atoms with Crippen molar-refractivity contribution in [2.75, 3.05) is 0 Å². The zero-order valence-corrected chi connectivity index (χ0v) is 11.0. The van der Waals surface area contributed by atoms with Gasteiger partial charge in [-0.2, -0.15) is 22.0 Å². The molecule has 12 heteroatoms. The van der Waals surface area contributed by atoms with Crippen LogP contribution in [-0.2, 0) is 14.9 Å². The minimum atomic E-state index is -6.74. The Morgan fingerprint density at radius 3 is 1.95 bits per heavy atom. The van der Waals surface area contributed by atoms with E-state index in [1.807, 2.05) is 0 Å². The SMILES string of the molecule is O=C(OC(C(F)(F)F)C(F)(F)S(=O)(=O)[O-])c1ccc(O)cc1. The highest BCUT2D eigenvalue weighted by Gasteiger charge is 2.62. The van der Waals surface area contributed by atoms with Crippen LogP contribution in [-0.4, -0.2) is 41.6 Å². The van der Waals surface area contributed by atoms with Crippen LogP contribution in [0.5, 0.6) is 5.75 Å². The van der Waals surface area contributed by atoms with Gasteiger partial charge in [0, 0.05) is 0 Å². The van der Waals surface area contributed by atoms with E-state index in [9.17, 15) is 39.7 Å². The minimum Gasteiger partial charge on any atom is -0.743 e. The number of rotatable bonds is 4. The van der Waals surface area contributed by atoms with E-state index in [-0.39, 0.29) is 5.75 Å². The van der Waals surface area contributed by atoms with Gasteiger partial charge in [-0.1, -0.05) is 0 Å². The molecule has 0 aliphatic rings. The standard InChI is InChI=1S/C10H7F5O6S/c11-9(12,13)8(10(14,15)22(18,19)20)21-7(17)5-1-3-6(16)4-2-5/h1-4,8,16H,(H,18,19,20)/p-1. The number of aromatic hydroxyl groups is 1. The number of halogens is 5.